The van der Waals surface area contributed by atoms with Gasteiger partial charge in [-0.1, -0.05) is 6.58 Å². The van der Waals surface area contributed by atoms with Gasteiger partial charge in [-0.3, -0.25) is 0 Å². The van der Waals surface area contributed by atoms with Crippen molar-refractivity contribution in [1.29, 1.82) is 0 Å². The second-order valence-electron chi connectivity index (χ2n) is 2.44. The lowest BCUT2D eigenvalue weighted by Gasteiger charge is -2.08. The van der Waals surface area contributed by atoms with Gasteiger partial charge in [0, 0.05) is 0 Å². The molecule has 1 aromatic rings. The van der Waals surface area contributed by atoms with Crippen LogP contribution in [0.2, 0.25) is 0 Å². The molecule has 0 aliphatic carbocycles. The highest BCUT2D eigenvalue weighted by atomic mass is 19.1. The Morgan fingerprint density at radius 1 is 1.77 bits per heavy atom. The van der Waals surface area contributed by atoms with Gasteiger partial charge in [0.15, 0.2) is 0 Å². The summed E-state index contributed by atoms with van der Waals surface area (Å²) in [5.41, 5.74) is 5.91. The van der Waals surface area contributed by atoms with Crippen molar-refractivity contribution < 1.29 is 9.13 Å². The Balaban J connectivity index is 2.99. The highest BCUT2D eigenvalue weighted by molar-refractivity contribution is 5.66. The first-order chi connectivity index (χ1) is 6.15. The summed E-state index contributed by atoms with van der Waals surface area (Å²) in [7, 11) is 0. The molecule has 0 saturated heterocycles. The molecule has 0 unspecified atom stereocenters. The highest BCUT2D eigenvalue weighted by Crippen LogP contribution is 2.19. The van der Waals surface area contributed by atoms with Crippen LogP contribution in [0.25, 0.3) is 5.76 Å². The van der Waals surface area contributed by atoms with Crippen LogP contribution in [0.15, 0.2) is 18.8 Å². The van der Waals surface area contributed by atoms with Crippen LogP contribution in [0.1, 0.15) is 12.5 Å². The summed E-state index contributed by atoms with van der Waals surface area (Å²) in [6.45, 7) is 5.89. The molecule has 0 saturated carbocycles. The Labute approximate surface area is 76.0 Å². The van der Waals surface area contributed by atoms with Crippen LogP contribution in [0.4, 0.5) is 10.2 Å². The summed E-state index contributed by atoms with van der Waals surface area (Å²) in [6.07, 6.45) is 1.05. The molecule has 0 spiro atoms. The molecule has 0 aliphatic rings. The molecule has 1 aromatic heterocycles. The molecule has 0 amide bonds. The molecule has 0 atom stereocenters. The first kappa shape index (κ1) is 9.51. The van der Waals surface area contributed by atoms with Crippen molar-refractivity contribution in [3.63, 3.8) is 0 Å². The van der Waals surface area contributed by atoms with E-state index in [4.69, 9.17) is 10.5 Å². The second kappa shape index (κ2) is 3.89. The average molecular weight is 182 g/mol. The van der Waals surface area contributed by atoms with E-state index in [0.29, 0.717) is 17.9 Å². The van der Waals surface area contributed by atoms with Crippen LogP contribution in [0, 0.1) is 5.82 Å². The molecular formula is C9H11FN2O. The SMILES string of the molecule is C=C(OCC)c1cc(F)cnc1N. The van der Waals surface area contributed by atoms with Gasteiger partial charge in [0.2, 0.25) is 0 Å². The van der Waals surface area contributed by atoms with E-state index in [0.717, 1.165) is 6.20 Å². The minimum absolute atomic E-state index is 0.222. The smallest absolute Gasteiger partial charge is 0.142 e. The number of aromatic nitrogens is 1. The molecule has 70 valence electrons. The standard InChI is InChI=1S/C9H11FN2O/c1-3-13-6(2)8-4-7(10)5-12-9(8)11/h4-5H,2-3H2,1H3,(H2,11,12). The van der Waals surface area contributed by atoms with E-state index in [2.05, 4.69) is 11.6 Å². The van der Waals surface area contributed by atoms with Gasteiger partial charge in [-0.25, -0.2) is 9.37 Å². The van der Waals surface area contributed by atoms with Crippen LogP contribution in [0.5, 0.6) is 0 Å². The minimum Gasteiger partial charge on any atom is -0.494 e. The number of halogens is 1. The van der Waals surface area contributed by atoms with Crippen LogP contribution in [-0.4, -0.2) is 11.6 Å². The van der Waals surface area contributed by atoms with Gasteiger partial charge in [0.25, 0.3) is 0 Å². The molecule has 0 aliphatic heterocycles. The minimum atomic E-state index is -0.454. The molecule has 1 rings (SSSR count). The number of nitrogens with zero attached hydrogens (tertiary/aromatic N) is 1. The van der Waals surface area contributed by atoms with Crippen LogP contribution >= 0.6 is 0 Å². The monoisotopic (exact) mass is 182 g/mol. The molecule has 3 nitrogen and oxygen atoms in total. The molecule has 13 heavy (non-hydrogen) atoms. The number of nitrogens with two attached hydrogens (primary N) is 1. The van der Waals surface area contributed by atoms with Crippen molar-refractivity contribution in [2.45, 2.75) is 6.92 Å². The number of anilines is 1. The number of hydrogen-bond donors (Lipinski definition) is 1. The number of hydrogen-bond acceptors (Lipinski definition) is 3. The van der Waals surface area contributed by atoms with Gasteiger partial charge in [-0.05, 0) is 13.0 Å². The lowest BCUT2D eigenvalue weighted by Crippen LogP contribution is -1.99. The predicted molar refractivity (Wildman–Crippen MR) is 49.3 cm³/mol. The Morgan fingerprint density at radius 2 is 2.46 bits per heavy atom. The third kappa shape index (κ3) is 2.18. The molecule has 0 bridgehead atoms. The summed E-state index contributed by atoms with van der Waals surface area (Å²) in [5.74, 6) is 0.108. The van der Waals surface area contributed by atoms with Crippen LogP contribution in [0.3, 0.4) is 0 Å². The Kier molecular flexibility index (Phi) is 2.84. The van der Waals surface area contributed by atoms with E-state index < -0.39 is 5.82 Å². The molecule has 4 heteroatoms. The number of ether oxygens (including phenoxy) is 1. The number of nitrogen functional groups attached to an aromatic ring is 1. The van der Waals surface area contributed by atoms with Crippen molar-refractivity contribution in [3.05, 3.63) is 30.2 Å². The third-order valence-corrected chi connectivity index (χ3v) is 1.50. The van der Waals surface area contributed by atoms with E-state index in [9.17, 15) is 4.39 Å². The normalized spacial score (nSPS) is 9.69. The van der Waals surface area contributed by atoms with Gasteiger partial charge in [0.05, 0.1) is 18.4 Å². The fourth-order valence-electron chi connectivity index (χ4n) is 0.925. The molecular weight excluding hydrogens is 171 g/mol. The van der Waals surface area contributed by atoms with Crippen molar-refractivity contribution in [2.24, 2.45) is 0 Å². The summed E-state index contributed by atoms with van der Waals surface area (Å²) >= 11 is 0. The third-order valence-electron chi connectivity index (χ3n) is 1.50. The van der Waals surface area contributed by atoms with Crippen molar-refractivity contribution in [1.82, 2.24) is 4.98 Å². The zero-order valence-corrected chi connectivity index (χ0v) is 7.38. The van der Waals surface area contributed by atoms with Crippen molar-refractivity contribution in [2.75, 3.05) is 12.3 Å². The largest absolute Gasteiger partial charge is 0.494 e. The zero-order valence-electron chi connectivity index (χ0n) is 7.38. The van der Waals surface area contributed by atoms with Gasteiger partial charge < -0.3 is 10.5 Å². The van der Waals surface area contributed by atoms with Crippen molar-refractivity contribution >= 4 is 11.6 Å². The summed E-state index contributed by atoms with van der Waals surface area (Å²) in [5, 5.41) is 0. The zero-order chi connectivity index (χ0) is 9.84. The van der Waals surface area contributed by atoms with E-state index >= 15 is 0 Å². The maximum Gasteiger partial charge on any atom is 0.142 e. The Bertz CT molecular complexity index is 325. The molecule has 2 N–H and O–H groups in total. The van der Waals surface area contributed by atoms with Crippen LogP contribution < -0.4 is 5.73 Å². The van der Waals surface area contributed by atoms with Crippen molar-refractivity contribution in [3.8, 4) is 0 Å². The van der Waals surface area contributed by atoms with E-state index in [-0.39, 0.29) is 5.82 Å². The Hall–Kier alpha value is -1.58. The maximum absolute atomic E-state index is 12.7. The van der Waals surface area contributed by atoms with E-state index in [1.807, 2.05) is 6.92 Å². The number of rotatable bonds is 3. The number of pyridine rings is 1. The summed E-state index contributed by atoms with van der Waals surface area (Å²) < 4.78 is 17.8. The molecule has 0 fully saturated rings. The van der Waals surface area contributed by atoms with Gasteiger partial charge >= 0.3 is 0 Å². The molecule has 1 heterocycles. The summed E-state index contributed by atoms with van der Waals surface area (Å²) in [6, 6.07) is 1.25. The van der Waals surface area contributed by atoms with E-state index in [1.54, 1.807) is 0 Å². The lowest BCUT2D eigenvalue weighted by atomic mass is 10.2. The van der Waals surface area contributed by atoms with Gasteiger partial charge in [-0.15, -0.1) is 0 Å². The first-order valence-corrected chi connectivity index (χ1v) is 3.88. The lowest BCUT2D eigenvalue weighted by molar-refractivity contribution is 0.299. The fraction of sp³-hybridized carbons (Fsp3) is 0.222. The molecule has 0 radical (unpaired) electrons. The van der Waals surface area contributed by atoms with Gasteiger partial charge in [-0.2, -0.15) is 0 Å². The summed E-state index contributed by atoms with van der Waals surface area (Å²) in [4.78, 5) is 3.64. The molecule has 0 aromatic carbocycles. The average Bonchev–Trinajstić information content (AvgIpc) is 2.09. The van der Waals surface area contributed by atoms with Crippen LogP contribution in [-0.2, 0) is 4.74 Å². The van der Waals surface area contributed by atoms with Gasteiger partial charge in [0.1, 0.15) is 17.4 Å². The Morgan fingerprint density at radius 3 is 3.08 bits per heavy atom. The fourth-order valence-corrected chi connectivity index (χ4v) is 0.925. The quantitative estimate of drug-likeness (QED) is 0.725. The highest BCUT2D eigenvalue weighted by Gasteiger charge is 2.06. The van der Waals surface area contributed by atoms with E-state index in [1.165, 1.54) is 6.07 Å². The second-order valence-corrected chi connectivity index (χ2v) is 2.44. The predicted octanol–water partition coefficient (Wildman–Crippen LogP) is 1.81. The maximum atomic E-state index is 12.7. The first-order valence-electron chi connectivity index (χ1n) is 3.88. The topological polar surface area (TPSA) is 48.1 Å².